The lowest BCUT2D eigenvalue weighted by Gasteiger charge is -2.60. The fraction of sp³-hybridized carbons (Fsp3) is 0.824. The summed E-state index contributed by atoms with van der Waals surface area (Å²) in [5, 5.41) is 0. The Hall–Kier alpha value is -1.22. The Bertz CT molecular complexity index is 928. The lowest BCUT2D eigenvalue weighted by molar-refractivity contribution is -0.116. The van der Waals surface area contributed by atoms with E-state index in [-0.39, 0.29) is 0 Å². The predicted octanol–water partition coefficient (Wildman–Crippen LogP) is 8.86. The summed E-state index contributed by atoms with van der Waals surface area (Å²) in [5.74, 6) is 5.79. The first-order chi connectivity index (χ1) is 17.6. The topological polar surface area (TPSA) is 61.3 Å². The predicted molar refractivity (Wildman–Crippen MR) is 157 cm³/mol. The Labute approximate surface area is 227 Å². The molecular formula is C34H56N2O. The van der Waals surface area contributed by atoms with Crippen molar-refractivity contribution in [3.05, 3.63) is 23.8 Å². The summed E-state index contributed by atoms with van der Waals surface area (Å²) < 4.78 is 6.92. The van der Waals surface area contributed by atoms with Crippen molar-refractivity contribution in [3.63, 3.8) is 0 Å². The fourth-order valence-corrected chi connectivity index (χ4v) is 10.5. The normalized spacial score (nSPS) is 40.2. The SMILES string of the molecule is CC(C)CCC[C@@H](C)[C@H]1C(OCc2ccc(N)cc2N)C[C@H]2[C@@H]3CCC4CCCC[C@]4(C)[C@H]3CC[C@]12C. The van der Waals surface area contributed by atoms with Gasteiger partial charge in [-0.1, -0.05) is 72.8 Å². The highest BCUT2D eigenvalue weighted by Gasteiger charge is 2.62. The lowest BCUT2D eigenvalue weighted by atomic mass is 9.44. The molecule has 208 valence electrons. The van der Waals surface area contributed by atoms with Gasteiger partial charge in [-0.3, -0.25) is 0 Å². The average molecular weight is 509 g/mol. The molecule has 0 amide bonds. The lowest BCUT2D eigenvalue weighted by Crippen LogP contribution is -2.53. The Morgan fingerprint density at radius 2 is 1.73 bits per heavy atom. The van der Waals surface area contributed by atoms with Crippen LogP contribution in [0.25, 0.3) is 0 Å². The van der Waals surface area contributed by atoms with Gasteiger partial charge in [0.2, 0.25) is 0 Å². The summed E-state index contributed by atoms with van der Waals surface area (Å²) in [7, 11) is 0. The number of fused-ring (bicyclic) bond motifs is 5. The molecule has 0 bridgehead atoms. The van der Waals surface area contributed by atoms with Crippen molar-refractivity contribution in [2.24, 2.45) is 52.3 Å². The zero-order valence-corrected chi connectivity index (χ0v) is 24.6. The van der Waals surface area contributed by atoms with Gasteiger partial charge < -0.3 is 16.2 Å². The van der Waals surface area contributed by atoms with E-state index in [9.17, 15) is 0 Å². The maximum Gasteiger partial charge on any atom is 0.0740 e. The van der Waals surface area contributed by atoms with Gasteiger partial charge in [-0.15, -0.1) is 0 Å². The molecule has 4 aliphatic rings. The van der Waals surface area contributed by atoms with Gasteiger partial charge in [0.05, 0.1) is 12.7 Å². The van der Waals surface area contributed by atoms with Crippen molar-refractivity contribution >= 4 is 11.4 Å². The number of anilines is 2. The first-order valence-corrected chi connectivity index (χ1v) is 15.9. The summed E-state index contributed by atoms with van der Waals surface area (Å²) in [4.78, 5) is 0. The van der Waals surface area contributed by atoms with Crippen molar-refractivity contribution in [2.75, 3.05) is 11.5 Å². The van der Waals surface area contributed by atoms with Crippen LogP contribution < -0.4 is 11.5 Å². The second-order valence-electron chi connectivity index (χ2n) is 14.8. The molecule has 1 aromatic rings. The number of hydrogen-bond donors (Lipinski definition) is 2. The first kappa shape index (κ1) is 27.4. The number of nitrogen functional groups attached to an aromatic ring is 2. The Morgan fingerprint density at radius 1 is 0.919 bits per heavy atom. The van der Waals surface area contributed by atoms with E-state index < -0.39 is 0 Å². The molecule has 3 nitrogen and oxygen atoms in total. The van der Waals surface area contributed by atoms with E-state index in [1.165, 1.54) is 77.0 Å². The number of ether oxygens (including phenoxy) is 1. The van der Waals surface area contributed by atoms with Gasteiger partial charge in [0.15, 0.2) is 0 Å². The summed E-state index contributed by atoms with van der Waals surface area (Å²) in [6.07, 6.45) is 17.3. The Kier molecular flexibility index (Phi) is 7.94. The molecule has 0 aliphatic heterocycles. The molecule has 0 heterocycles. The van der Waals surface area contributed by atoms with Crippen molar-refractivity contribution in [1.82, 2.24) is 0 Å². The van der Waals surface area contributed by atoms with Gasteiger partial charge >= 0.3 is 0 Å². The molecule has 4 N–H and O–H groups in total. The largest absolute Gasteiger partial charge is 0.399 e. The second-order valence-corrected chi connectivity index (χ2v) is 14.8. The maximum absolute atomic E-state index is 6.92. The van der Waals surface area contributed by atoms with Gasteiger partial charge in [-0.25, -0.2) is 0 Å². The van der Waals surface area contributed by atoms with E-state index in [0.29, 0.717) is 35.4 Å². The summed E-state index contributed by atoms with van der Waals surface area (Å²) in [6.45, 7) is 13.3. The van der Waals surface area contributed by atoms with E-state index in [1.54, 1.807) is 0 Å². The highest BCUT2D eigenvalue weighted by Crippen LogP contribution is 2.68. The molecule has 9 atom stereocenters. The molecule has 4 fully saturated rings. The summed E-state index contributed by atoms with van der Waals surface area (Å²) >= 11 is 0. The van der Waals surface area contributed by atoms with E-state index in [1.807, 2.05) is 12.1 Å². The zero-order chi connectivity index (χ0) is 26.4. The van der Waals surface area contributed by atoms with Crippen LogP contribution in [0, 0.1) is 52.3 Å². The third-order valence-corrected chi connectivity index (χ3v) is 12.3. The highest BCUT2D eigenvalue weighted by atomic mass is 16.5. The monoisotopic (exact) mass is 508 g/mol. The summed E-state index contributed by atoms with van der Waals surface area (Å²) in [6, 6.07) is 5.91. The van der Waals surface area contributed by atoms with E-state index in [0.717, 1.165) is 46.5 Å². The van der Waals surface area contributed by atoms with Crippen molar-refractivity contribution in [1.29, 1.82) is 0 Å². The molecule has 0 saturated heterocycles. The fourth-order valence-electron chi connectivity index (χ4n) is 10.5. The standard InChI is InChI=1S/C34H56N2O/c1-22(2)9-8-10-23(3)32-31(37-21-24-12-14-26(35)19-30(24)36)20-29-27-15-13-25-11-6-7-17-33(25,4)28(27)16-18-34(29,32)5/h12,14,19,22-23,25,27-29,31-32H,6-11,13,15-18,20-21,35-36H2,1-5H3/t23-,25?,27-,28+,29+,31?,32+,33+,34+/m1/s1. The van der Waals surface area contributed by atoms with Gasteiger partial charge in [0.25, 0.3) is 0 Å². The molecule has 0 aromatic heterocycles. The average Bonchev–Trinajstić information content (AvgIpc) is 3.15. The van der Waals surface area contributed by atoms with Gasteiger partial charge in [-0.2, -0.15) is 0 Å². The molecule has 2 unspecified atom stereocenters. The van der Waals surface area contributed by atoms with Crippen LogP contribution in [-0.4, -0.2) is 6.10 Å². The maximum atomic E-state index is 6.92. The van der Waals surface area contributed by atoms with Gasteiger partial charge in [-0.05, 0) is 109 Å². The number of nitrogens with two attached hydrogens (primary N) is 2. The van der Waals surface area contributed by atoms with Gasteiger partial charge in [0.1, 0.15) is 0 Å². The minimum Gasteiger partial charge on any atom is -0.399 e. The van der Waals surface area contributed by atoms with Crippen molar-refractivity contribution < 1.29 is 4.74 Å². The number of hydrogen-bond acceptors (Lipinski definition) is 3. The molecule has 0 radical (unpaired) electrons. The van der Waals surface area contributed by atoms with E-state index in [4.69, 9.17) is 16.2 Å². The van der Waals surface area contributed by atoms with Crippen LogP contribution in [0.2, 0.25) is 0 Å². The molecule has 4 aliphatic carbocycles. The van der Waals surface area contributed by atoms with Crippen LogP contribution in [0.15, 0.2) is 18.2 Å². The third-order valence-electron chi connectivity index (χ3n) is 12.3. The molecular weight excluding hydrogens is 452 g/mol. The minimum absolute atomic E-state index is 0.344. The first-order valence-electron chi connectivity index (χ1n) is 15.9. The van der Waals surface area contributed by atoms with Crippen LogP contribution in [0.3, 0.4) is 0 Å². The van der Waals surface area contributed by atoms with Crippen LogP contribution in [0.1, 0.15) is 117 Å². The summed E-state index contributed by atoms with van der Waals surface area (Å²) in [5.41, 5.74) is 15.9. The molecule has 5 rings (SSSR count). The number of benzene rings is 1. The smallest absolute Gasteiger partial charge is 0.0740 e. The quantitative estimate of drug-likeness (QED) is 0.345. The Morgan fingerprint density at radius 3 is 2.49 bits per heavy atom. The zero-order valence-electron chi connectivity index (χ0n) is 24.6. The van der Waals surface area contributed by atoms with Crippen LogP contribution >= 0.6 is 0 Å². The highest BCUT2D eigenvalue weighted by molar-refractivity contribution is 5.56. The number of rotatable bonds is 8. The van der Waals surface area contributed by atoms with Crippen molar-refractivity contribution in [3.8, 4) is 0 Å². The van der Waals surface area contributed by atoms with E-state index in [2.05, 4.69) is 40.7 Å². The van der Waals surface area contributed by atoms with Crippen LogP contribution in [0.4, 0.5) is 11.4 Å². The molecule has 0 spiro atoms. The molecule has 1 aromatic carbocycles. The second kappa shape index (κ2) is 10.7. The van der Waals surface area contributed by atoms with Crippen molar-refractivity contribution in [2.45, 2.75) is 124 Å². The molecule has 4 saturated carbocycles. The minimum atomic E-state index is 0.344. The third kappa shape index (κ3) is 5.08. The Balaban J connectivity index is 1.38. The van der Waals surface area contributed by atoms with Crippen LogP contribution in [0.5, 0.6) is 0 Å². The van der Waals surface area contributed by atoms with E-state index >= 15 is 0 Å². The van der Waals surface area contributed by atoms with Crippen LogP contribution in [-0.2, 0) is 11.3 Å². The van der Waals surface area contributed by atoms with Gasteiger partial charge in [0, 0.05) is 16.9 Å². The molecule has 37 heavy (non-hydrogen) atoms. The molecule has 3 heteroatoms.